The van der Waals surface area contributed by atoms with Crippen LogP contribution in [0.4, 0.5) is 0 Å². The Labute approximate surface area is 109 Å². The number of aromatic nitrogens is 1. The van der Waals surface area contributed by atoms with Gasteiger partial charge >= 0.3 is 0 Å². The fourth-order valence-electron chi connectivity index (χ4n) is 1.85. The first-order valence-corrected chi connectivity index (χ1v) is 5.71. The molecule has 0 aliphatic rings. The molecule has 1 heterocycles. The number of phenolic OH excluding ortho intramolecular Hbond substituents is 1. The van der Waals surface area contributed by atoms with E-state index in [1.165, 1.54) is 0 Å². The standard InChI is InChI=1S/C14H11N3O2/c15-17-13(9-5-7-10(18)8-6-9)14-16-11-3-1-2-4-12(11)19-14/h1-8,18H,15H2/b17-13+. The van der Waals surface area contributed by atoms with Gasteiger partial charge < -0.3 is 15.4 Å². The molecule has 5 heteroatoms. The van der Waals surface area contributed by atoms with Gasteiger partial charge in [0.15, 0.2) is 11.3 Å². The molecule has 0 saturated heterocycles. The molecule has 0 fully saturated rings. The molecule has 3 aromatic rings. The molecule has 19 heavy (non-hydrogen) atoms. The Morgan fingerprint density at radius 2 is 1.84 bits per heavy atom. The van der Waals surface area contributed by atoms with E-state index in [0.29, 0.717) is 17.2 Å². The molecule has 0 atom stereocenters. The first-order valence-electron chi connectivity index (χ1n) is 5.71. The predicted molar refractivity (Wildman–Crippen MR) is 71.9 cm³/mol. The first kappa shape index (κ1) is 11.3. The Hall–Kier alpha value is -2.82. The maximum Gasteiger partial charge on any atom is 0.248 e. The van der Waals surface area contributed by atoms with Crippen LogP contribution in [0, 0.1) is 0 Å². The van der Waals surface area contributed by atoms with Gasteiger partial charge in [0.05, 0.1) is 0 Å². The molecule has 94 valence electrons. The van der Waals surface area contributed by atoms with Crippen LogP contribution in [-0.2, 0) is 0 Å². The average molecular weight is 253 g/mol. The number of nitrogens with two attached hydrogens (primary N) is 1. The van der Waals surface area contributed by atoms with Crippen LogP contribution in [0.1, 0.15) is 11.5 Å². The van der Waals surface area contributed by atoms with E-state index in [9.17, 15) is 5.11 Å². The molecule has 0 bridgehead atoms. The Morgan fingerprint density at radius 1 is 1.11 bits per heavy atom. The summed E-state index contributed by atoms with van der Waals surface area (Å²) in [6.07, 6.45) is 0. The van der Waals surface area contributed by atoms with E-state index in [2.05, 4.69) is 10.1 Å². The number of oxazole rings is 1. The molecule has 0 radical (unpaired) electrons. The molecule has 0 aliphatic heterocycles. The van der Waals surface area contributed by atoms with Crippen molar-refractivity contribution in [1.82, 2.24) is 4.98 Å². The van der Waals surface area contributed by atoms with E-state index in [-0.39, 0.29) is 5.75 Å². The van der Waals surface area contributed by atoms with Crippen LogP contribution in [-0.4, -0.2) is 15.8 Å². The lowest BCUT2D eigenvalue weighted by molar-refractivity contribution is 0.475. The Bertz CT molecular complexity index is 712. The van der Waals surface area contributed by atoms with Crippen molar-refractivity contribution in [3.63, 3.8) is 0 Å². The third-order valence-electron chi connectivity index (χ3n) is 2.77. The fraction of sp³-hybridized carbons (Fsp3) is 0. The second-order valence-electron chi connectivity index (χ2n) is 4.01. The Balaban J connectivity index is 2.09. The SMILES string of the molecule is N/N=C(\c1ccc(O)cc1)c1nc2ccccc2o1. The minimum absolute atomic E-state index is 0.178. The third kappa shape index (κ3) is 2.01. The lowest BCUT2D eigenvalue weighted by Crippen LogP contribution is -2.06. The predicted octanol–water partition coefficient (Wildman–Crippen LogP) is 2.24. The number of hydrogen-bond donors (Lipinski definition) is 2. The topological polar surface area (TPSA) is 84.6 Å². The molecule has 0 amide bonds. The van der Waals surface area contributed by atoms with Crippen LogP contribution >= 0.6 is 0 Å². The van der Waals surface area contributed by atoms with Gasteiger partial charge in [-0.25, -0.2) is 4.98 Å². The number of hydrazone groups is 1. The molecule has 0 saturated carbocycles. The van der Waals surface area contributed by atoms with Crippen LogP contribution in [0.3, 0.4) is 0 Å². The van der Waals surface area contributed by atoms with Gasteiger partial charge in [-0.05, 0) is 36.4 Å². The highest BCUT2D eigenvalue weighted by Crippen LogP contribution is 2.19. The Morgan fingerprint density at radius 3 is 2.53 bits per heavy atom. The summed E-state index contributed by atoms with van der Waals surface area (Å²) in [5.41, 5.74) is 2.60. The summed E-state index contributed by atoms with van der Waals surface area (Å²) in [5.74, 6) is 5.96. The molecule has 2 aromatic carbocycles. The summed E-state index contributed by atoms with van der Waals surface area (Å²) in [5, 5.41) is 13.0. The summed E-state index contributed by atoms with van der Waals surface area (Å²) in [6, 6.07) is 14.0. The zero-order chi connectivity index (χ0) is 13.2. The second kappa shape index (κ2) is 4.45. The highest BCUT2D eigenvalue weighted by molar-refractivity contribution is 6.10. The van der Waals surface area contributed by atoms with Crippen molar-refractivity contribution in [1.29, 1.82) is 0 Å². The summed E-state index contributed by atoms with van der Waals surface area (Å²) >= 11 is 0. The van der Waals surface area contributed by atoms with E-state index in [1.54, 1.807) is 24.3 Å². The zero-order valence-electron chi connectivity index (χ0n) is 9.95. The summed E-state index contributed by atoms with van der Waals surface area (Å²) in [7, 11) is 0. The number of para-hydroxylation sites is 2. The summed E-state index contributed by atoms with van der Waals surface area (Å²) in [4.78, 5) is 4.34. The van der Waals surface area contributed by atoms with Crippen LogP contribution in [0.2, 0.25) is 0 Å². The van der Waals surface area contributed by atoms with Crippen molar-refractivity contribution in [2.75, 3.05) is 0 Å². The van der Waals surface area contributed by atoms with Crippen molar-refractivity contribution < 1.29 is 9.52 Å². The largest absolute Gasteiger partial charge is 0.508 e. The lowest BCUT2D eigenvalue weighted by Gasteiger charge is -2.00. The van der Waals surface area contributed by atoms with Crippen molar-refractivity contribution in [3.05, 3.63) is 60.0 Å². The van der Waals surface area contributed by atoms with Gasteiger partial charge in [-0.1, -0.05) is 12.1 Å². The highest BCUT2D eigenvalue weighted by Gasteiger charge is 2.14. The fourth-order valence-corrected chi connectivity index (χ4v) is 1.85. The third-order valence-corrected chi connectivity index (χ3v) is 2.77. The van der Waals surface area contributed by atoms with Crippen molar-refractivity contribution in [2.45, 2.75) is 0 Å². The molecule has 5 nitrogen and oxygen atoms in total. The molecular weight excluding hydrogens is 242 g/mol. The molecule has 3 rings (SSSR count). The van der Waals surface area contributed by atoms with Gasteiger partial charge in [-0.3, -0.25) is 0 Å². The lowest BCUT2D eigenvalue weighted by atomic mass is 10.1. The van der Waals surface area contributed by atoms with Crippen molar-refractivity contribution in [2.24, 2.45) is 10.9 Å². The molecule has 0 unspecified atom stereocenters. The average Bonchev–Trinajstić information content (AvgIpc) is 2.85. The number of aromatic hydroxyl groups is 1. The number of benzene rings is 2. The van der Waals surface area contributed by atoms with Crippen LogP contribution in [0.25, 0.3) is 11.1 Å². The normalized spacial score (nSPS) is 11.9. The number of fused-ring (bicyclic) bond motifs is 1. The van der Waals surface area contributed by atoms with E-state index in [0.717, 1.165) is 11.1 Å². The quantitative estimate of drug-likeness (QED) is 0.416. The number of rotatable bonds is 2. The van der Waals surface area contributed by atoms with E-state index >= 15 is 0 Å². The minimum Gasteiger partial charge on any atom is -0.508 e. The Kier molecular flexibility index (Phi) is 2.64. The molecule has 3 N–H and O–H groups in total. The smallest absolute Gasteiger partial charge is 0.248 e. The number of nitrogens with zero attached hydrogens (tertiary/aromatic N) is 2. The van der Waals surface area contributed by atoms with Gasteiger partial charge in [0, 0.05) is 5.56 Å². The first-order chi connectivity index (χ1) is 9.28. The van der Waals surface area contributed by atoms with Crippen molar-refractivity contribution >= 4 is 16.8 Å². The van der Waals surface area contributed by atoms with Gasteiger partial charge in [-0.15, -0.1) is 0 Å². The number of phenols is 1. The van der Waals surface area contributed by atoms with Gasteiger partial charge in [0.2, 0.25) is 5.89 Å². The maximum atomic E-state index is 9.29. The van der Waals surface area contributed by atoms with Crippen molar-refractivity contribution in [3.8, 4) is 5.75 Å². The van der Waals surface area contributed by atoms with E-state index in [1.807, 2.05) is 24.3 Å². The van der Waals surface area contributed by atoms with Gasteiger partial charge in [0.1, 0.15) is 11.3 Å². The van der Waals surface area contributed by atoms with Gasteiger partial charge in [-0.2, -0.15) is 5.10 Å². The van der Waals surface area contributed by atoms with Crippen LogP contribution in [0.15, 0.2) is 58.0 Å². The van der Waals surface area contributed by atoms with Crippen LogP contribution in [0.5, 0.6) is 5.75 Å². The number of hydrogen-bond acceptors (Lipinski definition) is 5. The zero-order valence-corrected chi connectivity index (χ0v) is 9.95. The summed E-state index contributed by atoms with van der Waals surface area (Å²) in [6.45, 7) is 0. The van der Waals surface area contributed by atoms with Crippen LogP contribution < -0.4 is 5.84 Å². The highest BCUT2D eigenvalue weighted by atomic mass is 16.3. The van der Waals surface area contributed by atoms with E-state index < -0.39 is 0 Å². The van der Waals surface area contributed by atoms with E-state index in [4.69, 9.17) is 10.3 Å². The summed E-state index contributed by atoms with van der Waals surface area (Å²) < 4.78 is 5.62. The molecule has 0 spiro atoms. The minimum atomic E-state index is 0.178. The molecular formula is C14H11N3O2. The van der Waals surface area contributed by atoms with Gasteiger partial charge in [0.25, 0.3) is 0 Å². The molecule has 1 aromatic heterocycles. The monoisotopic (exact) mass is 253 g/mol. The maximum absolute atomic E-state index is 9.29. The second-order valence-corrected chi connectivity index (χ2v) is 4.01. The molecule has 0 aliphatic carbocycles.